The van der Waals surface area contributed by atoms with Crippen LogP contribution in [0.5, 0.6) is 0 Å². The van der Waals surface area contributed by atoms with Crippen LogP contribution in [-0.4, -0.2) is 31.9 Å². The quantitative estimate of drug-likeness (QED) is 0.459. The van der Waals surface area contributed by atoms with Crippen molar-refractivity contribution in [1.82, 2.24) is 20.4 Å². The Kier molecular flexibility index (Phi) is 6.99. The van der Waals surface area contributed by atoms with Gasteiger partial charge >= 0.3 is 0 Å². The van der Waals surface area contributed by atoms with E-state index >= 15 is 0 Å². The van der Waals surface area contributed by atoms with Gasteiger partial charge in [0.1, 0.15) is 0 Å². The standard InChI is InChI=1S/C10H8Cl6N4O2S/c11-9(12,13)7-19-17-5(21-7)1-3-23-4-2-6-18-20-8(22-6)10(14,15)16/h1-4H2. The summed E-state index contributed by atoms with van der Waals surface area (Å²) in [7, 11) is 0. The molecule has 0 unspecified atom stereocenters. The number of hydrogen-bond donors (Lipinski definition) is 0. The summed E-state index contributed by atoms with van der Waals surface area (Å²) in [6.45, 7) is 0. The third kappa shape index (κ3) is 6.30. The molecule has 0 atom stereocenters. The molecule has 6 nitrogen and oxygen atoms in total. The van der Waals surface area contributed by atoms with Crippen LogP contribution in [0.25, 0.3) is 0 Å². The van der Waals surface area contributed by atoms with Crippen LogP contribution < -0.4 is 0 Å². The first-order chi connectivity index (χ1) is 10.7. The zero-order valence-electron chi connectivity index (χ0n) is 11.1. The molecule has 13 heteroatoms. The van der Waals surface area contributed by atoms with Crippen molar-refractivity contribution in [3.8, 4) is 0 Å². The van der Waals surface area contributed by atoms with E-state index in [9.17, 15) is 0 Å². The minimum atomic E-state index is -1.71. The Hall–Kier alpha value is 0.370. The first-order valence-corrected chi connectivity index (χ1v) is 9.45. The number of aromatic nitrogens is 4. The SMILES string of the molecule is ClC(Cl)(Cl)c1nnc(CCSCCc2nnc(C(Cl)(Cl)Cl)o2)o1. The van der Waals surface area contributed by atoms with Gasteiger partial charge in [0, 0.05) is 24.3 Å². The molecule has 23 heavy (non-hydrogen) atoms. The lowest BCUT2D eigenvalue weighted by Crippen LogP contribution is -1.99. The van der Waals surface area contributed by atoms with Crippen molar-refractivity contribution in [2.24, 2.45) is 0 Å². The summed E-state index contributed by atoms with van der Waals surface area (Å²) in [4.78, 5) is 0. The van der Waals surface area contributed by atoms with Gasteiger partial charge in [-0.1, -0.05) is 69.6 Å². The highest BCUT2D eigenvalue weighted by Crippen LogP contribution is 2.37. The Labute approximate surface area is 165 Å². The Morgan fingerprint density at radius 1 is 0.696 bits per heavy atom. The molecule has 0 aromatic carbocycles. The number of halogens is 6. The van der Waals surface area contributed by atoms with Crippen molar-refractivity contribution < 1.29 is 8.83 Å². The van der Waals surface area contributed by atoms with Crippen LogP contribution in [0.4, 0.5) is 0 Å². The number of nitrogens with zero attached hydrogens (tertiary/aromatic N) is 4. The molecule has 2 aromatic rings. The molecule has 0 amide bonds. The molecule has 0 aliphatic carbocycles. The highest BCUT2D eigenvalue weighted by molar-refractivity contribution is 7.99. The molecule has 2 heterocycles. The predicted molar refractivity (Wildman–Crippen MR) is 91.8 cm³/mol. The number of hydrogen-bond acceptors (Lipinski definition) is 7. The van der Waals surface area contributed by atoms with Crippen molar-refractivity contribution in [2.45, 2.75) is 20.4 Å². The van der Waals surface area contributed by atoms with Gasteiger partial charge in [-0.25, -0.2) is 0 Å². The van der Waals surface area contributed by atoms with Crippen molar-refractivity contribution in [2.75, 3.05) is 11.5 Å². The molecule has 0 spiro atoms. The van der Waals surface area contributed by atoms with Gasteiger partial charge in [0.25, 0.3) is 19.4 Å². The molecule has 0 aliphatic rings. The van der Waals surface area contributed by atoms with E-state index in [2.05, 4.69) is 20.4 Å². The van der Waals surface area contributed by atoms with Crippen LogP contribution in [0.3, 0.4) is 0 Å². The van der Waals surface area contributed by atoms with E-state index in [1.807, 2.05) is 0 Å². The van der Waals surface area contributed by atoms with Crippen molar-refractivity contribution in [3.63, 3.8) is 0 Å². The van der Waals surface area contributed by atoms with Crippen LogP contribution in [0.15, 0.2) is 8.83 Å². The summed E-state index contributed by atoms with van der Waals surface area (Å²) in [5.41, 5.74) is 0. The van der Waals surface area contributed by atoms with Crippen LogP contribution >= 0.6 is 81.4 Å². The summed E-state index contributed by atoms with van der Waals surface area (Å²) in [5, 5.41) is 14.9. The lowest BCUT2D eigenvalue weighted by molar-refractivity contribution is 0.459. The maximum atomic E-state index is 5.64. The van der Waals surface area contributed by atoms with Crippen LogP contribution in [-0.2, 0) is 20.4 Å². The molecule has 2 rings (SSSR count). The topological polar surface area (TPSA) is 77.8 Å². The third-order valence-corrected chi connectivity index (χ3v) is 4.29. The molecular formula is C10H8Cl6N4O2S. The summed E-state index contributed by atoms with van der Waals surface area (Å²) in [6.07, 6.45) is 1.09. The zero-order valence-corrected chi connectivity index (χ0v) is 16.5. The maximum Gasteiger partial charge on any atom is 0.268 e. The zero-order chi connectivity index (χ0) is 17.1. The Morgan fingerprint density at radius 3 is 1.39 bits per heavy atom. The van der Waals surface area contributed by atoms with Gasteiger partial charge < -0.3 is 8.83 Å². The van der Waals surface area contributed by atoms with Gasteiger partial charge in [-0.2, -0.15) is 11.8 Å². The van der Waals surface area contributed by atoms with Crippen LogP contribution in [0.1, 0.15) is 23.6 Å². The summed E-state index contributed by atoms with van der Waals surface area (Å²) < 4.78 is 7.05. The molecular weight excluding hydrogens is 453 g/mol. The summed E-state index contributed by atoms with van der Waals surface area (Å²) >= 11 is 35.4. The second-order valence-electron chi connectivity index (χ2n) is 4.11. The van der Waals surface area contributed by atoms with Gasteiger partial charge in [-0.3, -0.25) is 0 Å². The Bertz CT molecular complexity index is 584. The van der Waals surface area contributed by atoms with Crippen molar-refractivity contribution >= 4 is 81.4 Å². The molecule has 0 saturated heterocycles. The number of thioether (sulfide) groups is 1. The number of aryl methyl sites for hydroxylation is 2. The molecule has 0 bridgehead atoms. The largest absolute Gasteiger partial charge is 0.421 e. The van der Waals surface area contributed by atoms with Crippen LogP contribution in [0, 0.1) is 0 Å². The molecule has 0 fully saturated rings. The molecule has 0 aliphatic heterocycles. The Balaban J connectivity index is 1.70. The van der Waals surface area contributed by atoms with E-state index in [-0.39, 0.29) is 11.8 Å². The fourth-order valence-corrected chi connectivity index (χ4v) is 2.66. The van der Waals surface area contributed by atoms with E-state index in [1.165, 1.54) is 0 Å². The highest BCUT2D eigenvalue weighted by Gasteiger charge is 2.31. The summed E-state index contributed by atoms with van der Waals surface area (Å²) in [6, 6.07) is 0. The van der Waals surface area contributed by atoms with Gasteiger partial charge in [0.05, 0.1) is 0 Å². The minimum Gasteiger partial charge on any atom is -0.421 e. The average molecular weight is 461 g/mol. The lowest BCUT2D eigenvalue weighted by Gasteiger charge is -2.02. The van der Waals surface area contributed by atoms with E-state index in [0.717, 1.165) is 11.5 Å². The fraction of sp³-hybridized carbons (Fsp3) is 0.600. The minimum absolute atomic E-state index is 0.0485. The molecule has 0 radical (unpaired) electrons. The molecule has 0 N–H and O–H groups in total. The lowest BCUT2D eigenvalue weighted by atomic mass is 10.5. The van der Waals surface area contributed by atoms with Gasteiger partial charge in [0.2, 0.25) is 11.8 Å². The van der Waals surface area contributed by atoms with E-state index < -0.39 is 7.59 Å². The second-order valence-corrected chi connectivity index (χ2v) is 9.90. The van der Waals surface area contributed by atoms with Crippen molar-refractivity contribution in [1.29, 1.82) is 0 Å². The predicted octanol–water partition coefficient (Wildman–Crippen LogP) is 4.62. The highest BCUT2D eigenvalue weighted by atomic mass is 35.6. The first-order valence-electron chi connectivity index (χ1n) is 6.03. The molecule has 2 aromatic heterocycles. The van der Waals surface area contributed by atoms with Crippen molar-refractivity contribution in [3.05, 3.63) is 23.6 Å². The van der Waals surface area contributed by atoms with Gasteiger partial charge in [-0.05, 0) is 0 Å². The first kappa shape index (κ1) is 19.7. The molecule has 128 valence electrons. The third-order valence-electron chi connectivity index (χ3n) is 2.34. The fourth-order valence-electron chi connectivity index (χ4n) is 1.36. The van der Waals surface area contributed by atoms with Gasteiger partial charge in [-0.15, -0.1) is 20.4 Å². The maximum absolute atomic E-state index is 5.64. The number of alkyl halides is 6. The van der Waals surface area contributed by atoms with E-state index in [4.69, 9.17) is 78.4 Å². The summed E-state index contributed by atoms with van der Waals surface area (Å²) in [5.74, 6) is 2.16. The van der Waals surface area contributed by atoms with E-state index in [1.54, 1.807) is 11.8 Å². The smallest absolute Gasteiger partial charge is 0.268 e. The van der Waals surface area contributed by atoms with E-state index in [0.29, 0.717) is 24.6 Å². The normalized spacial score (nSPS) is 12.8. The van der Waals surface area contributed by atoms with Crippen LogP contribution in [0.2, 0.25) is 0 Å². The Morgan fingerprint density at radius 2 is 1.09 bits per heavy atom. The van der Waals surface area contributed by atoms with Gasteiger partial charge in [0.15, 0.2) is 0 Å². The second kappa shape index (κ2) is 8.17. The monoisotopic (exact) mass is 458 g/mol. The average Bonchev–Trinajstić information content (AvgIpc) is 3.05. The molecule has 0 saturated carbocycles. The number of rotatable bonds is 6.